The third kappa shape index (κ3) is 5.65. The highest BCUT2D eigenvalue weighted by atomic mass is 16.5. The van der Waals surface area contributed by atoms with Crippen LogP contribution in [0.4, 0.5) is 0 Å². The molecule has 3 aliphatic rings. The molecule has 0 unspecified atom stereocenters. The van der Waals surface area contributed by atoms with Crippen LogP contribution in [0.15, 0.2) is 10.6 Å². The first-order valence-electron chi connectivity index (χ1n) is 11.7. The summed E-state index contributed by atoms with van der Waals surface area (Å²) in [7, 11) is 0. The Morgan fingerprint density at radius 3 is 2.83 bits per heavy atom. The second kappa shape index (κ2) is 9.98. The normalized spacial score (nSPS) is 25.3. The third-order valence-corrected chi connectivity index (χ3v) is 6.59. The van der Waals surface area contributed by atoms with Crippen LogP contribution in [0.5, 0.6) is 0 Å². The molecule has 6 nitrogen and oxygen atoms in total. The first kappa shape index (κ1) is 21.4. The van der Waals surface area contributed by atoms with Crippen LogP contribution >= 0.6 is 0 Å². The molecule has 0 spiro atoms. The number of amides is 1. The van der Waals surface area contributed by atoms with Gasteiger partial charge in [0.15, 0.2) is 5.69 Å². The van der Waals surface area contributed by atoms with E-state index in [0.717, 1.165) is 31.6 Å². The van der Waals surface area contributed by atoms with Gasteiger partial charge in [-0.25, -0.2) is 0 Å². The van der Waals surface area contributed by atoms with Crippen molar-refractivity contribution in [1.29, 1.82) is 0 Å². The fourth-order valence-corrected chi connectivity index (χ4v) is 4.74. The average Bonchev–Trinajstić information content (AvgIpc) is 3.32. The Bertz CT molecular complexity index is 768. The summed E-state index contributed by atoms with van der Waals surface area (Å²) in [5, 5.41) is 7.10. The molecule has 3 fully saturated rings. The van der Waals surface area contributed by atoms with Crippen LogP contribution < -0.4 is 5.32 Å². The lowest BCUT2D eigenvalue weighted by molar-refractivity contribution is 0.0828. The first-order chi connectivity index (χ1) is 14.6. The number of hydrogen-bond acceptors (Lipinski definition) is 5. The van der Waals surface area contributed by atoms with E-state index in [2.05, 4.69) is 41.1 Å². The van der Waals surface area contributed by atoms with Crippen LogP contribution in [0.2, 0.25) is 0 Å². The largest absolute Gasteiger partial charge is 0.367 e. The highest BCUT2D eigenvalue weighted by Gasteiger charge is 2.35. The van der Waals surface area contributed by atoms with Gasteiger partial charge in [0, 0.05) is 42.6 Å². The molecule has 0 radical (unpaired) electrons. The maximum Gasteiger partial charge on any atom is 0.273 e. The molecule has 1 aliphatic heterocycles. The van der Waals surface area contributed by atoms with Gasteiger partial charge >= 0.3 is 0 Å². The SMILES string of the molecule is CC(C)N1C[C@@H](NC(=O)c2cc(C3CC3)on2)C[C@@H]1COCC#CC1CCCCC1. The molecule has 2 aliphatic carbocycles. The molecule has 164 valence electrons. The molecule has 0 bridgehead atoms. The molecule has 2 heterocycles. The molecule has 0 aromatic carbocycles. The Morgan fingerprint density at radius 1 is 1.30 bits per heavy atom. The van der Waals surface area contributed by atoms with E-state index in [1.54, 1.807) is 6.07 Å². The summed E-state index contributed by atoms with van der Waals surface area (Å²) in [6.45, 7) is 6.37. The number of carbonyl (C=O) groups is 1. The van der Waals surface area contributed by atoms with E-state index in [-0.39, 0.29) is 11.9 Å². The maximum atomic E-state index is 12.6. The number of nitrogens with one attached hydrogen (secondary N) is 1. The van der Waals surface area contributed by atoms with E-state index in [1.807, 2.05) is 0 Å². The Kier molecular flexibility index (Phi) is 7.12. The van der Waals surface area contributed by atoms with Crippen molar-refractivity contribution in [3.8, 4) is 11.8 Å². The summed E-state index contributed by atoms with van der Waals surface area (Å²) in [5.74, 6) is 8.35. The van der Waals surface area contributed by atoms with Crippen molar-refractivity contribution in [2.24, 2.45) is 5.92 Å². The van der Waals surface area contributed by atoms with Crippen molar-refractivity contribution >= 4 is 5.91 Å². The van der Waals surface area contributed by atoms with E-state index in [1.165, 1.54) is 32.1 Å². The summed E-state index contributed by atoms with van der Waals surface area (Å²) in [4.78, 5) is 15.0. The molecular formula is C24H35N3O3. The number of likely N-dealkylation sites (tertiary alicyclic amines) is 1. The quantitative estimate of drug-likeness (QED) is 0.545. The standard InChI is InChI=1S/C24H35N3O3/c1-17(2)27-15-20(25-24(28)22-14-23(30-26-22)19-10-11-19)13-21(27)16-29-12-6-9-18-7-4-3-5-8-18/h14,17-21H,3-5,7-8,10-13,15-16H2,1-2H3,(H,25,28)/t20-,21+/m0/s1. The van der Waals surface area contributed by atoms with Gasteiger partial charge in [0.1, 0.15) is 12.4 Å². The number of aromatic nitrogens is 1. The van der Waals surface area contributed by atoms with E-state index >= 15 is 0 Å². The summed E-state index contributed by atoms with van der Waals surface area (Å²) in [5.41, 5.74) is 0.394. The molecule has 6 heteroatoms. The van der Waals surface area contributed by atoms with Crippen LogP contribution in [0.3, 0.4) is 0 Å². The molecule has 1 amide bonds. The minimum atomic E-state index is -0.140. The summed E-state index contributed by atoms with van der Waals surface area (Å²) >= 11 is 0. The van der Waals surface area contributed by atoms with Gasteiger partial charge in [-0.2, -0.15) is 0 Å². The highest BCUT2D eigenvalue weighted by Crippen LogP contribution is 2.40. The second-order valence-electron chi connectivity index (χ2n) is 9.41. The monoisotopic (exact) mass is 413 g/mol. The molecule has 1 N–H and O–H groups in total. The molecule has 1 aromatic heterocycles. The van der Waals surface area contributed by atoms with Gasteiger partial charge in [-0.1, -0.05) is 36.3 Å². The van der Waals surface area contributed by atoms with Gasteiger partial charge in [-0.3, -0.25) is 9.69 Å². The molecule has 2 saturated carbocycles. The van der Waals surface area contributed by atoms with Gasteiger partial charge in [0.25, 0.3) is 5.91 Å². The van der Waals surface area contributed by atoms with Crippen LogP contribution in [0, 0.1) is 17.8 Å². The Morgan fingerprint density at radius 2 is 2.10 bits per heavy atom. The molecule has 1 saturated heterocycles. The molecular weight excluding hydrogens is 378 g/mol. The van der Waals surface area contributed by atoms with E-state index in [0.29, 0.717) is 42.8 Å². The zero-order valence-electron chi connectivity index (χ0n) is 18.4. The lowest BCUT2D eigenvalue weighted by atomic mass is 9.90. The van der Waals surface area contributed by atoms with Crippen LogP contribution in [-0.2, 0) is 4.74 Å². The van der Waals surface area contributed by atoms with Crippen molar-refractivity contribution < 1.29 is 14.1 Å². The Labute approximate surface area is 180 Å². The third-order valence-electron chi connectivity index (χ3n) is 6.59. The molecule has 30 heavy (non-hydrogen) atoms. The summed E-state index contributed by atoms with van der Waals surface area (Å²) in [6, 6.07) is 2.60. The first-order valence-corrected chi connectivity index (χ1v) is 11.7. The molecule has 4 rings (SSSR count). The predicted octanol–water partition coefficient (Wildman–Crippen LogP) is 3.73. The van der Waals surface area contributed by atoms with Crippen molar-refractivity contribution in [2.45, 2.75) is 89.3 Å². The maximum absolute atomic E-state index is 12.6. The van der Waals surface area contributed by atoms with Gasteiger partial charge in [0.2, 0.25) is 0 Å². The Balaban J connectivity index is 1.23. The molecule has 2 atom stereocenters. The second-order valence-corrected chi connectivity index (χ2v) is 9.41. The number of ether oxygens (including phenoxy) is 1. The minimum Gasteiger partial charge on any atom is -0.367 e. The van der Waals surface area contributed by atoms with Gasteiger partial charge in [0.05, 0.1) is 6.61 Å². The smallest absolute Gasteiger partial charge is 0.273 e. The van der Waals surface area contributed by atoms with Crippen LogP contribution in [0.1, 0.15) is 87.4 Å². The number of rotatable bonds is 7. The van der Waals surface area contributed by atoms with Gasteiger partial charge < -0.3 is 14.6 Å². The van der Waals surface area contributed by atoms with E-state index in [4.69, 9.17) is 9.26 Å². The predicted molar refractivity (Wildman–Crippen MR) is 115 cm³/mol. The zero-order valence-corrected chi connectivity index (χ0v) is 18.4. The molecule has 1 aromatic rings. The minimum absolute atomic E-state index is 0.0999. The summed E-state index contributed by atoms with van der Waals surface area (Å²) in [6.07, 6.45) is 9.62. The van der Waals surface area contributed by atoms with Crippen molar-refractivity contribution in [1.82, 2.24) is 15.4 Å². The number of hydrogen-bond donors (Lipinski definition) is 1. The van der Waals surface area contributed by atoms with Crippen molar-refractivity contribution in [3.05, 3.63) is 17.5 Å². The zero-order chi connectivity index (χ0) is 20.9. The van der Waals surface area contributed by atoms with E-state index < -0.39 is 0 Å². The fourth-order valence-electron chi connectivity index (χ4n) is 4.74. The van der Waals surface area contributed by atoms with Crippen molar-refractivity contribution in [2.75, 3.05) is 19.8 Å². The fraction of sp³-hybridized carbons (Fsp3) is 0.750. The summed E-state index contributed by atoms with van der Waals surface area (Å²) < 4.78 is 11.2. The Hall–Kier alpha value is -1.84. The van der Waals surface area contributed by atoms with E-state index in [9.17, 15) is 4.79 Å². The van der Waals surface area contributed by atoms with Crippen LogP contribution in [-0.4, -0.2) is 53.8 Å². The van der Waals surface area contributed by atoms with Gasteiger partial charge in [-0.05, 0) is 46.0 Å². The highest BCUT2D eigenvalue weighted by molar-refractivity contribution is 5.92. The van der Waals surface area contributed by atoms with Crippen molar-refractivity contribution in [3.63, 3.8) is 0 Å². The lowest BCUT2D eigenvalue weighted by Gasteiger charge is -2.27. The van der Waals surface area contributed by atoms with Crippen LogP contribution in [0.25, 0.3) is 0 Å². The lowest BCUT2D eigenvalue weighted by Crippen LogP contribution is -2.40. The number of nitrogens with zero attached hydrogens (tertiary/aromatic N) is 2. The number of carbonyl (C=O) groups excluding carboxylic acids is 1. The topological polar surface area (TPSA) is 67.6 Å². The average molecular weight is 414 g/mol. The van der Waals surface area contributed by atoms with Gasteiger partial charge in [-0.15, -0.1) is 0 Å².